The van der Waals surface area contributed by atoms with E-state index in [0.29, 0.717) is 10.9 Å². The maximum absolute atomic E-state index is 12.4. The Bertz CT molecular complexity index is 1280. The number of halogens is 1. The molecule has 10 heteroatoms. The monoisotopic (exact) mass is 486 g/mol. The smallest absolute Gasteiger partial charge is 0.235 e. The molecule has 0 saturated heterocycles. The molecule has 0 spiro atoms. The van der Waals surface area contributed by atoms with Gasteiger partial charge in [0.15, 0.2) is 9.84 Å². The van der Waals surface area contributed by atoms with Crippen molar-refractivity contribution in [3.8, 4) is 11.6 Å². The summed E-state index contributed by atoms with van der Waals surface area (Å²) in [4.78, 5) is 16.6. The molecule has 0 fully saturated rings. The molecule has 0 atom stereocenters. The fraction of sp³-hybridized carbons (Fsp3) is 0.261. The molecule has 2 aromatic heterocycles. The predicted molar refractivity (Wildman–Crippen MR) is 125 cm³/mol. The number of allylic oxidation sites excluding steroid dienone is 1. The zero-order chi connectivity index (χ0) is 23.4. The molecule has 8 nitrogen and oxygen atoms in total. The first-order valence-corrected chi connectivity index (χ1v) is 12.4. The lowest BCUT2D eigenvalue weighted by atomic mass is 9.92. The predicted octanol–water partition coefficient (Wildman–Crippen LogP) is 3.24. The van der Waals surface area contributed by atoms with Crippen LogP contribution in [0.4, 0.5) is 0 Å². The topological polar surface area (TPSA) is 103 Å². The largest absolute Gasteiger partial charge is 0.481 e. The summed E-state index contributed by atoms with van der Waals surface area (Å²) in [5.41, 5.74) is 3.96. The van der Waals surface area contributed by atoms with Crippen molar-refractivity contribution in [3.63, 3.8) is 0 Å². The lowest BCUT2D eigenvalue weighted by Gasteiger charge is -2.18. The number of carbonyl (C=O) groups is 1. The molecule has 0 radical (unpaired) electrons. The van der Waals surface area contributed by atoms with E-state index in [2.05, 4.69) is 15.4 Å². The van der Waals surface area contributed by atoms with Crippen LogP contribution in [0.1, 0.15) is 24.1 Å². The van der Waals surface area contributed by atoms with Gasteiger partial charge in [0.05, 0.1) is 35.8 Å². The van der Waals surface area contributed by atoms with Crippen molar-refractivity contribution in [1.82, 2.24) is 20.1 Å². The molecule has 4 rings (SSSR count). The Balaban J connectivity index is 1.46. The zero-order valence-corrected chi connectivity index (χ0v) is 19.6. The van der Waals surface area contributed by atoms with Crippen molar-refractivity contribution < 1.29 is 17.9 Å². The molecule has 0 saturated carbocycles. The standard InChI is InChI=1S/C23H23ClN4O4S/c1-32-22-10-7-19(14-26-22)28-23-16(3-2-4-17(23)13-27-28)11-12-25-21(29)15-33(30,31)20-8-5-18(24)6-9-20/h5-11,13-14H,2-4,12,15H2,1H3,(H,25,29)/b16-11+. The number of pyridine rings is 1. The number of aromatic nitrogens is 3. The van der Waals surface area contributed by atoms with Crippen LogP contribution in [-0.4, -0.2) is 48.5 Å². The minimum absolute atomic E-state index is 0.0642. The van der Waals surface area contributed by atoms with Crippen LogP contribution in [0.25, 0.3) is 11.3 Å². The van der Waals surface area contributed by atoms with E-state index in [-0.39, 0.29) is 11.4 Å². The number of hydrogen-bond acceptors (Lipinski definition) is 6. The molecule has 0 bridgehead atoms. The molecule has 3 aromatic rings. The third-order valence-electron chi connectivity index (χ3n) is 5.36. The number of fused-ring (bicyclic) bond motifs is 1. The summed E-state index contributed by atoms with van der Waals surface area (Å²) in [5, 5.41) is 7.64. The first kappa shape index (κ1) is 23.0. The van der Waals surface area contributed by atoms with Crippen LogP contribution in [0.15, 0.2) is 59.8 Å². The third kappa shape index (κ3) is 5.26. The van der Waals surface area contributed by atoms with E-state index in [9.17, 15) is 13.2 Å². The van der Waals surface area contributed by atoms with Gasteiger partial charge in [-0.15, -0.1) is 0 Å². The van der Waals surface area contributed by atoms with Gasteiger partial charge >= 0.3 is 0 Å². The van der Waals surface area contributed by atoms with Crippen molar-refractivity contribution >= 4 is 32.9 Å². The average Bonchev–Trinajstić information content (AvgIpc) is 3.24. The van der Waals surface area contributed by atoms with E-state index >= 15 is 0 Å². The first-order valence-electron chi connectivity index (χ1n) is 10.4. The second-order valence-electron chi connectivity index (χ2n) is 7.59. The van der Waals surface area contributed by atoms with Gasteiger partial charge in [-0.3, -0.25) is 4.79 Å². The van der Waals surface area contributed by atoms with E-state index in [1.54, 1.807) is 19.4 Å². The number of sulfone groups is 1. The number of rotatable bonds is 7. The quantitative estimate of drug-likeness (QED) is 0.550. The number of nitrogens with zero attached hydrogens (tertiary/aromatic N) is 3. The number of hydrogen-bond donors (Lipinski definition) is 1. The van der Waals surface area contributed by atoms with Gasteiger partial charge in [-0.2, -0.15) is 5.10 Å². The SMILES string of the molecule is COc1ccc(-n2ncc3c2/C(=C/CNC(=O)CS(=O)(=O)c2ccc(Cl)cc2)CCC3)cn1. The highest BCUT2D eigenvalue weighted by molar-refractivity contribution is 7.92. The van der Waals surface area contributed by atoms with E-state index in [1.807, 2.05) is 23.0 Å². The molecule has 1 N–H and O–H groups in total. The van der Waals surface area contributed by atoms with Crippen LogP contribution in [0.5, 0.6) is 5.88 Å². The van der Waals surface area contributed by atoms with Gasteiger partial charge in [-0.05, 0) is 60.7 Å². The minimum atomic E-state index is -3.74. The summed E-state index contributed by atoms with van der Waals surface area (Å²) in [6, 6.07) is 9.42. The van der Waals surface area contributed by atoms with Gasteiger partial charge in [0.1, 0.15) is 5.75 Å². The second-order valence-corrected chi connectivity index (χ2v) is 10.0. The van der Waals surface area contributed by atoms with E-state index in [0.717, 1.165) is 41.8 Å². The summed E-state index contributed by atoms with van der Waals surface area (Å²) in [7, 11) is -2.18. The second kappa shape index (κ2) is 9.76. The Hall–Kier alpha value is -3.17. The van der Waals surface area contributed by atoms with Crippen LogP contribution in [0, 0.1) is 0 Å². The summed E-state index contributed by atoms with van der Waals surface area (Å²) in [6.07, 6.45) is 8.19. The van der Waals surface area contributed by atoms with Crippen LogP contribution in [0.2, 0.25) is 5.02 Å². The molecular weight excluding hydrogens is 464 g/mol. The lowest BCUT2D eigenvalue weighted by Crippen LogP contribution is -2.30. The fourth-order valence-corrected chi connectivity index (χ4v) is 5.04. The third-order valence-corrected chi connectivity index (χ3v) is 7.24. The number of benzene rings is 1. The maximum atomic E-state index is 12.4. The Morgan fingerprint density at radius 3 is 2.67 bits per heavy atom. The van der Waals surface area contributed by atoms with Gasteiger partial charge in [-0.25, -0.2) is 18.1 Å². The number of ether oxygens (including phenoxy) is 1. The molecule has 172 valence electrons. The van der Waals surface area contributed by atoms with E-state index in [1.165, 1.54) is 24.3 Å². The van der Waals surface area contributed by atoms with Gasteiger partial charge in [0, 0.05) is 17.6 Å². The summed E-state index contributed by atoms with van der Waals surface area (Å²) >= 11 is 5.81. The van der Waals surface area contributed by atoms with E-state index < -0.39 is 21.5 Å². The molecule has 2 heterocycles. The number of carbonyl (C=O) groups excluding carboxylic acids is 1. The van der Waals surface area contributed by atoms with Gasteiger partial charge in [0.2, 0.25) is 11.8 Å². The van der Waals surface area contributed by atoms with Crippen molar-refractivity contribution in [2.24, 2.45) is 0 Å². The minimum Gasteiger partial charge on any atom is -0.481 e. The number of nitrogens with one attached hydrogen (secondary N) is 1. The highest BCUT2D eigenvalue weighted by Gasteiger charge is 2.22. The van der Waals surface area contributed by atoms with Crippen molar-refractivity contribution in [2.75, 3.05) is 19.4 Å². The molecule has 1 aromatic carbocycles. The number of methoxy groups -OCH3 is 1. The van der Waals surface area contributed by atoms with Crippen molar-refractivity contribution in [1.29, 1.82) is 0 Å². The van der Waals surface area contributed by atoms with E-state index in [4.69, 9.17) is 16.3 Å². The van der Waals surface area contributed by atoms with Crippen LogP contribution in [0.3, 0.4) is 0 Å². The van der Waals surface area contributed by atoms with Crippen LogP contribution < -0.4 is 10.1 Å². The highest BCUT2D eigenvalue weighted by Crippen LogP contribution is 2.32. The average molecular weight is 487 g/mol. The normalized spacial score (nSPS) is 14.7. The fourth-order valence-electron chi connectivity index (χ4n) is 3.75. The highest BCUT2D eigenvalue weighted by atomic mass is 35.5. The first-order chi connectivity index (χ1) is 15.9. The Morgan fingerprint density at radius 2 is 1.97 bits per heavy atom. The van der Waals surface area contributed by atoms with Crippen molar-refractivity contribution in [2.45, 2.75) is 24.2 Å². The molecule has 0 unspecified atom stereocenters. The Morgan fingerprint density at radius 1 is 1.18 bits per heavy atom. The summed E-state index contributed by atoms with van der Waals surface area (Å²) in [6.45, 7) is 0.218. The number of aryl methyl sites for hydroxylation is 1. The van der Waals surface area contributed by atoms with Crippen molar-refractivity contribution in [3.05, 3.63) is 71.1 Å². The summed E-state index contributed by atoms with van der Waals surface area (Å²) in [5.74, 6) is -0.670. The van der Waals surface area contributed by atoms with Crippen LogP contribution in [-0.2, 0) is 21.1 Å². The molecule has 1 aliphatic carbocycles. The zero-order valence-electron chi connectivity index (χ0n) is 18.0. The Kier molecular flexibility index (Phi) is 6.80. The summed E-state index contributed by atoms with van der Waals surface area (Å²) < 4.78 is 31.9. The molecule has 1 amide bonds. The molecule has 0 aliphatic heterocycles. The van der Waals surface area contributed by atoms with Crippen LogP contribution >= 0.6 is 11.6 Å². The Labute approximate surface area is 197 Å². The molecular formula is C23H23ClN4O4S. The number of amides is 1. The van der Waals surface area contributed by atoms with Gasteiger partial charge in [0.25, 0.3) is 0 Å². The van der Waals surface area contributed by atoms with Gasteiger partial charge < -0.3 is 10.1 Å². The van der Waals surface area contributed by atoms with Gasteiger partial charge in [-0.1, -0.05) is 17.7 Å². The lowest BCUT2D eigenvalue weighted by molar-refractivity contribution is -0.118. The molecule has 1 aliphatic rings. The maximum Gasteiger partial charge on any atom is 0.235 e. The molecule has 33 heavy (non-hydrogen) atoms.